The Labute approximate surface area is 230 Å². The van der Waals surface area contributed by atoms with Crippen molar-refractivity contribution >= 4 is 46.2 Å². The molecule has 0 unspecified atom stereocenters. The van der Waals surface area contributed by atoms with E-state index in [4.69, 9.17) is 16.3 Å². The SMILES string of the molecule is COc1cc(N2CC[C@@H](N(C)C)C2)c([N+](=O)[O-])cc1Nc1ncnc(N2CC(C)(C)c3cc(F)c(Cl)cc32)n1. The van der Waals surface area contributed by atoms with Gasteiger partial charge in [0.25, 0.3) is 5.69 Å². The van der Waals surface area contributed by atoms with E-state index in [1.807, 2.05) is 37.7 Å². The number of rotatable bonds is 7. The normalized spacial score (nSPS) is 18.0. The lowest BCUT2D eigenvalue weighted by atomic mass is 9.87. The van der Waals surface area contributed by atoms with E-state index in [1.54, 1.807) is 12.1 Å². The smallest absolute Gasteiger partial charge is 0.294 e. The third-order valence-electron chi connectivity index (χ3n) is 7.39. The van der Waals surface area contributed by atoms with Crippen molar-refractivity contribution in [2.45, 2.75) is 31.7 Å². The fourth-order valence-electron chi connectivity index (χ4n) is 5.25. The summed E-state index contributed by atoms with van der Waals surface area (Å²) in [7, 11) is 5.52. The summed E-state index contributed by atoms with van der Waals surface area (Å²) >= 11 is 6.09. The van der Waals surface area contributed by atoms with Gasteiger partial charge in [-0.15, -0.1) is 0 Å². The zero-order valence-electron chi connectivity index (χ0n) is 22.4. The standard InChI is InChI=1S/C26H30ClFN8O3/c1-26(2)13-35(20-9-17(27)18(28)8-16(20)26)25-30-14-29-24(32-25)31-19-10-22(36(37)38)21(11-23(19)39-5)34-7-6-15(12-34)33(3)4/h8-11,14-15H,6-7,12-13H2,1-5H3,(H,29,30,31,32)/t15-/m1/s1. The van der Waals surface area contributed by atoms with Crippen molar-refractivity contribution in [1.29, 1.82) is 0 Å². The molecular weight excluding hydrogens is 527 g/mol. The van der Waals surface area contributed by atoms with Gasteiger partial charge in [0, 0.05) is 48.9 Å². The monoisotopic (exact) mass is 556 g/mol. The molecule has 2 aliphatic rings. The Morgan fingerprint density at radius 1 is 1.23 bits per heavy atom. The van der Waals surface area contributed by atoms with Gasteiger partial charge in [-0.25, -0.2) is 14.4 Å². The van der Waals surface area contributed by atoms with Crippen LogP contribution in [-0.2, 0) is 5.41 Å². The molecule has 1 N–H and O–H groups in total. The third-order valence-corrected chi connectivity index (χ3v) is 7.68. The number of methoxy groups -OCH3 is 1. The van der Waals surface area contributed by atoms with Crippen molar-refractivity contribution in [2.24, 2.45) is 0 Å². The van der Waals surface area contributed by atoms with Crippen LogP contribution in [0.2, 0.25) is 5.02 Å². The molecular formula is C26H30ClFN8O3. The number of nitro groups is 1. The number of hydrogen-bond acceptors (Lipinski definition) is 10. The lowest BCUT2D eigenvalue weighted by Crippen LogP contribution is -2.31. The second-order valence-corrected chi connectivity index (χ2v) is 11.0. The van der Waals surface area contributed by atoms with Crippen LogP contribution in [0.25, 0.3) is 0 Å². The summed E-state index contributed by atoms with van der Waals surface area (Å²) in [5.74, 6) is 0.444. The van der Waals surface area contributed by atoms with Crippen molar-refractivity contribution in [1.82, 2.24) is 19.9 Å². The Balaban J connectivity index is 1.47. The molecule has 0 radical (unpaired) electrons. The number of anilines is 5. The summed E-state index contributed by atoms with van der Waals surface area (Å²) in [6.45, 7) is 5.90. The Morgan fingerprint density at radius 3 is 2.67 bits per heavy atom. The Morgan fingerprint density at radius 2 is 2.00 bits per heavy atom. The molecule has 0 aliphatic carbocycles. The van der Waals surface area contributed by atoms with Crippen molar-refractivity contribution in [2.75, 3.05) is 56.0 Å². The molecule has 1 fully saturated rings. The van der Waals surface area contributed by atoms with E-state index in [2.05, 4.69) is 25.2 Å². The van der Waals surface area contributed by atoms with Gasteiger partial charge in [-0.1, -0.05) is 25.4 Å². The predicted octanol–water partition coefficient (Wildman–Crippen LogP) is 4.89. The maximum Gasteiger partial charge on any atom is 0.294 e. The van der Waals surface area contributed by atoms with E-state index in [9.17, 15) is 14.5 Å². The van der Waals surface area contributed by atoms with Gasteiger partial charge < -0.3 is 24.8 Å². The minimum atomic E-state index is -0.480. The molecule has 0 spiro atoms. The van der Waals surface area contributed by atoms with Crippen molar-refractivity contribution in [3.05, 3.63) is 57.1 Å². The number of nitro benzene ring substituents is 1. The molecule has 39 heavy (non-hydrogen) atoms. The molecule has 2 aromatic carbocycles. The van der Waals surface area contributed by atoms with E-state index in [1.165, 1.54) is 25.6 Å². The Hall–Kier alpha value is -3.77. The molecule has 0 bridgehead atoms. The highest BCUT2D eigenvalue weighted by atomic mass is 35.5. The highest BCUT2D eigenvalue weighted by Gasteiger charge is 2.38. The molecule has 13 heteroatoms. The van der Waals surface area contributed by atoms with E-state index in [0.29, 0.717) is 54.4 Å². The lowest BCUT2D eigenvalue weighted by molar-refractivity contribution is -0.384. The first-order valence-corrected chi connectivity index (χ1v) is 12.9. The first-order chi connectivity index (χ1) is 18.5. The van der Waals surface area contributed by atoms with Crippen LogP contribution in [0.1, 0.15) is 25.8 Å². The minimum absolute atomic E-state index is 0.0101. The molecule has 3 aromatic rings. The van der Waals surface area contributed by atoms with Crippen LogP contribution < -0.4 is 19.9 Å². The maximum absolute atomic E-state index is 14.2. The molecule has 5 rings (SSSR count). The van der Waals surface area contributed by atoms with Crippen LogP contribution in [-0.4, -0.2) is 71.7 Å². The van der Waals surface area contributed by atoms with Crippen LogP contribution in [0.15, 0.2) is 30.6 Å². The van der Waals surface area contributed by atoms with E-state index in [-0.39, 0.29) is 22.1 Å². The van der Waals surface area contributed by atoms with Crippen LogP contribution in [0, 0.1) is 15.9 Å². The summed E-state index contributed by atoms with van der Waals surface area (Å²) < 4.78 is 19.8. The Kier molecular flexibility index (Phi) is 6.93. The highest BCUT2D eigenvalue weighted by molar-refractivity contribution is 6.31. The number of fused-ring (bicyclic) bond motifs is 1. The Bertz CT molecular complexity index is 1440. The van der Waals surface area contributed by atoms with Gasteiger partial charge in [0.05, 0.1) is 22.7 Å². The predicted molar refractivity (Wildman–Crippen MR) is 149 cm³/mol. The lowest BCUT2D eigenvalue weighted by Gasteiger charge is -2.23. The fourth-order valence-corrected chi connectivity index (χ4v) is 5.41. The van der Waals surface area contributed by atoms with Gasteiger partial charge in [-0.05, 0) is 38.2 Å². The molecule has 1 saturated heterocycles. The van der Waals surface area contributed by atoms with Gasteiger partial charge >= 0.3 is 0 Å². The number of nitrogens with one attached hydrogen (secondary N) is 1. The number of likely N-dealkylation sites (N-methyl/N-ethyl adjacent to an activating group) is 1. The number of halogens is 2. The highest BCUT2D eigenvalue weighted by Crippen LogP contribution is 2.45. The molecule has 11 nitrogen and oxygen atoms in total. The average molecular weight is 557 g/mol. The maximum atomic E-state index is 14.2. The van der Waals surface area contributed by atoms with E-state index < -0.39 is 10.7 Å². The van der Waals surface area contributed by atoms with Gasteiger partial charge in [0.2, 0.25) is 11.9 Å². The number of aromatic nitrogens is 3. The number of nitrogens with zero attached hydrogens (tertiary/aromatic N) is 7. The van der Waals surface area contributed by atoms with Crippen LogP contribution in [0.3, 0.4) is 0 Å². The van der Waals surface area contributed by atoms with Crippen molar-refractivity contribution < 1.29 is 14.1 Å². The largest absolute Gasteiger partial charge is 0.494 e. The fraction of sp³-hybridized carbons (Fsp3) is 0.423. The van der Waals surface area contributed by atoms with Gasteiger partial charge in [0.1, 0.15) is 23.6 Å². The molecule has 1 aromatic heterocycles. The third kappa shape index (κ3) is 5.01. The molecule has 2 aliphatic heterocycles. The molecule has 206 valence electrons. The quantitative estimate of drug-likeness (QED) is 0.318. The van der Waals surface area contributed by atoms with Crippen molar-refractivity contribution in [3.63, 3.8) is 0 Å². The zero-order chi connectivity index (χ0) is 28.1. The second kappa shape index (κ2) is 10.1. The number of ether oxygens (including phenoxy) is 1. The van der Waals surface area contributed by atoms with Gasteiger partial charge in [0.15, 0.2) is 0 Å². The van der Waals surface area contributed by atoms with Crippen LogP contribution >= 0.6 is 11.6 Å². The van der Waals surface area contributed by atoms with Crippen LogP contribution in [0.5, 0.6) is 5.75 Å². The van der Waals surface area contributed by atoms with Crippen molar-refractivity contribution in [3.8, 4) is 5.75 Å². The number of benzene rings is 2. The summed E-state index contributed by atoms with van der Waals surface area (Å²) in [6, 6.07) is 6.45. The van der Waals surface area contributed by atoms with Gasteiger partial charge in [-0.3, -0.25) is 10.1 Å². The summed E-state index contributed by atoms with van der Waals surface area (Å²) in [6.07, 6.45) is 2.26. The molecule has 0 saturated carbocycles. The minimum Gasteiger partial charge on any atom is -0.494 e. The molecule has 1 atom stereocenters. The summed E-state index contributed by atoms with van der Waals surface area (Å²) in [4.78, 5) is 30.8. The number of hydrogen-bond donors (Lipinski definition) is 1. The topological polar surface area (TPSA) is 113 Å². The average Bonchev–Trinajstić information content (AvgIpc) is 3.48. The van der Waals surface area contributed by atoms with Gasteiger partial charge in [-0.2, -0.15) is 4.98 Å². The first kappa shape index (κ1) is 26.8. The van der Waals surface area contributed by atoms with E-state index >= 15 is 0 Å². The van der Waals surface area contributed by atoms with Crippen LogP contribution in [0.4, 0.5) is 39.0 Å². The zero-order valence-corrected chi connectivity index (χ0v) is 23.2. The second-order valence-electron chi connectivity index (χ2n) is 10.6. The summed E-state index contributed by atoms with van der Waals surface area (Å²) in [5.41, 5.74) is 1.94. The summed E-state index contributed by atoms with van der Waals surface area (Å²) in [5, 5.41) is 15.1. The molecule has 3 heterocycles. The van der Waals surface area contributed by atoms with E-state index in [0.717, 1.165) is 12.0 Å². The molecule has 0 amide bonds. The first-order valence-electron chi connectivity index (χ1n) is 12.5.